The first kappa shape index (κ1) is 18.5. The van der Waals surface area contributed by atoms with E-state index >= 15 is 0 Å². The third-order valence-corrected chi connectivity index (χ3v) is 4.62. The van der Waals surface area contributed by atoms with E-state index in [0.717, 1.165) is 23.0 Å². The molecule has 0 saturated heterocycles. The van der Waals surface area contributed by atoms with Crippen molar-refractivity contribution in [3.05, 3.63) is 35.5 Å². The Hall–Kier alpha value is -2.34. The van der Waals surface area contributed by atoms with Crippen LogP contribution in [0.1, 0.15) is 45.4 Å². The molecule has 0 aliphatic carbocycles. The number of H-pyrrole nitrogens is 1. The van der Waals surface area contributed by atoms with Crippen LogP contribution >= 0.6 is 0 Å². The van der Waals surface area contributed by atoms with Crippen LogP contribution in [0.15, 0.2) is 24.3 Å². The molecule has 26 heavy (non-hydrogen) atoms. The van der Waals surface area contributed by atoms with E-state index < -0.39 is 23.0 Å². The summed E-state index contributed by atoms with van der Waals surface area (Å²) in [6.07, 6.45) is 0.840. The molecule has 0 radical (unpaired) electrons. The third-order valence-electron chi connectivity index (χ3n) is 4.62. The Bertz CT molecular complexity index is 832. The molecule has 1 atom stereocenters. The van der Waals surface area contributed by atoms with Crippen molar-refractivity contribution in [2.45, 2.75) is 46.1 Å². The van der Waals surface area contributed by atoms with Crippen LogP contribution in [0.25, 0.3) is 10.9 Å². The van der Waals surface area contributed by atoms with Crippen molar-refractivity contribution in [2.24, 2.45) is 5.41 Å². The second-order valence-electron chi connectivity index (χ2n) is 7.85. The summed E-state index contributed by atoms with van der Waals surface area (Å²) in [5.74, 6) is -0.885. The van der Waals surface area contributed by atoms with Crippen LogP contribution in [0.2, 0.25) is 0 Å². The van der Waals surface area contributed by atoms with Crippen LogP contribution in [-0.4, -0.2) is 30.3 Å². The topological polar surface area (TPSA) is 77.6 Å². The van der Waals surface area contributed by atoms with Crippen LogP contribution in [0.3, 0.4) is 0 Å². The number of esters is 2. The molecule has 1 aliphatic heterocycles. The number of fused-ring (bicyclic) bond motifs is 3. The van der Waals surface area contributed by atoms with Gasteiger partial charge in [-0.25, -0.2) is 0 Å². The Morgan fingerprint density at radius 1 is 1.23 bits per heavy atom. The van der Waals surface area contributed by atoms with Crippen molar-refractivity contribution in [3.63, 3.8) is 0 Å². The summed E-state index contributed by atoms with van der Waals surface area (Å²) in [6.45, 7) is 7.26. The van der Waals surface area contributed by atoms with Gasteiger partial charge >= 0.3 is 11.9 Å². The second-order valence-corrected chi connectivity index (χ2v) is 7.85. The fourth-order valence-corrected chi connectivity index (χ4v) is 3.19. The molecule has 1 N–H and O–H groups in total. The van der Waals surface area contributed by atoms with Crippen molar-refractivity contribution in [1.29, 1.82) is 0 Å². The van der Waals surface area contributed by atoms with E-state index in [2.05, 4.69) is 11.1 Å². The maximum atomic E-state index is 12.3. The van der Waals surface area contributed by atoms with E-state index in [9.17, 15) is 9.59 Å². The van der Waals surface area contributed by atoms with Gasteiger partial charge in [0, 0.05) is 10.9 Å². The molecule has 1 aromatic carbocycles. The van der Waals surface area contributed by atoms with Crippen molar-refractivity contribution in [1.82, 2.24) is 4.98 Å². The van der Waals surface area contributed by atoms with Crippen molar-refractivity contribution in [2.75, 3.05) is 13.4 Å². The fraction of sp³-hybridized carbons (Fsp3) is 0.500. The van der Waals surface area contributed by atoms with Gasteiger partial charge in [-0.2, -0.15) is 0 Å². The Balaban J connectivity index is 1.68. The molecule has 0 amide bonds. The fourth-order valence-electron chi connectivity index (χ4n) is 3.19. The van der Waals surface area contributed by atoms with Gasteiger partial charge in [0.15, 0.2) is 0 Å². The highest BCUT2D eigenvalue weighted by Gasteiger charge is 2.38. The number of carbonyl (C=O) groups is 2. The van der Waals surface area contributed by atoms with Crippen LogP contribution in [0, 0.1) is 5.41 Å². The maximum Gasteiger partial charge on any atom is 0.314 e. The minimum absolute atomic E-state index is 0.0416. The summed E-state index contributed by atoms with van der Waals surface area (Å²) in [5.41, 5.74) is 1.69. The average Bonchev–Trinajstić information content (AvgIpc) is 2.94. The van der Waals surface area contributed by atoms with E-state index in [1.807, 2.05) is 25.1 Å². The molecule has 1 aromatic heterocycles. The highest BCUT2D eigenvalue weighted by Crippen LogP contribution is 2.39. The molecular formula is C20H25NO5. The highest BCUT2D eigenvalue weighted by molar-refractivity contribution is 5.85. The predicted molar refractivity (Wildman–Crippen MR) is 96.4 cm³/mol. The Kier molecular flexibility index (Phi) is 4.80. The summed E-state index contributed by atoms with van der Waals surface area (Å²) in [6, 6.07) is 8.06. The summed E-state index contributed by atoms with van der Waals surface area (Å²) >= 11 is 0. The number of aromatic nitrogens is 1. The van der Waals surface area contributed by atoms with Gasteiger partial charge in [0.2, 0.25) is 6.79 Å². The van der Waals surface area contributed by atoms with Gasteiger partial charge in [-0.3, -0.25) is 9.59 Å². The first-order valence-corrected chi connectivity index (χ1v) is 8.77. The van der Waals surface area contributed by atoms with Crippen LogP contribution < -0.4 is 0 Å². The predicted octanol–water partition coefficient (Wildman–Crippen LogP) is 3.44. The summed E-state index contributed by atoms with van der Waals surface area (Å²) in [7, 11) is 0. The minimum Gasteiger partial charge on any atom is -0.428 e. The molecule has 0 unspecified atom stereocenters. The number of aromatic amines is 1. The second kappa shape index (κ2) is 6.76. The van der Waals surface area contributed by atoms with Crippen molar-refractivity contribution < 1.29 is 23.8 Å². The van der Waals surface area contributed by atoms with Gasteiger partial charge in [0.1, 0.15) is 5.60 Å². The van der Waals surface area contributed by atoms with Crippen LogP contribution in [0.4, 0.5) is 0 Å². The van der Waals surface area contributed by atoms with Gasteiger partial charge < -0.3 is 19.2 Å². The van der Waals surface area contributed by atoms with Crippen LogP contribution in [-0.2, 0) is 35.8 Å². The SMILES string of the molecule is CC(C)(C)C(=O)OCOC(=O)C[C@]1(C)OCCc2c1[nH]c1ccccc21. The average molecular weight is 359 g/mol. The molecule has 1 aliphatic rings. The lowest BCUT2D eigenvalue weighted by molar-refractivity contribution is -0.176. The summed E-state index contributed by atoms with van der Waals surface area (Å²) in [5, 5.41) is 1.16. The number of ether oxygens (including phenoxy) is 3. The lowest BCUT2D eigenvalue weighted by Gasteiger charge is -2.33. The number of nitrogens with one attached hydrogen (secondary N) is 1. The molecular weight excluding hydrogens is 334 g/mol. The molecule has 2 aromatic rings. The van der Waals surface area contributed by atoms with Gasteiger partial charge in [0.25, 0.3) is 0 Å². The molecule has 140 valence electrons. The zero-order valence-electron chi connectivity index (χ0n) is 15.7. The molecule has 0 fully saturated rings. The van der Waals surface area contributed by atoms with Crippen LogP contribution in [0.5, 0.6) is 0 Å². The summed E-state index contributed by atoms with van der Waals surface area (Å²) < 4.78 is 16.0. The quantitative estimate of drug-likeness (QED) is 0.668. The molecule has 6 heteroatoms. The maximum absolute atomic E-state index is 12.3. The molecule has 3 rings (SSSR count). The van der Waals surface area contributed by atoms with E-state index in [4.69, 9.17) is 14.2 Å². The monoisotopic (exact) mass is 359 g/mol. The standard InChI is InChI=1S/C20H25NO5/c1-19(2,3)18(23)25-12-24-16(22)11-20(4)17-14(9-10-26-20)13-7-5-6-8-15(13)21-17/h5-8,21H,9-12H2,1-4H3/t20-/m0/s1. The number of hydrogen-bond donors (Lipinski definition) is 1. The third kappa shape index (κ3) is 3.60. The molecule has 0 spiro atoms. The number of para-hydroxylation sites is 1. The van der Waals surface area contributed by atoms with Gasteiger partial charge in [-0.15, -0.1) is 0 Å². The summed E-state index contributed by atoms with van der Waals surface area (Å²) in [4.78, 5) is 27.4. The highest BCUT2D eigenvalue weighted by atomic mass is 16.7. The molecule has 0 bridgehead atoms. The Morgan fingerprint density at radius 2 is 1.96 bits per heavy atom. The van der Waals surface area contributed by atoms with E-state index in [0.29, 0.717) is 6.61 Å². The Morgan fingerprint density at radius 3 is 2.69 bits per heavy atom. The molecule has 6 nitrogen and oxygen atoms in total. The first-order valence-electron chi connectivity index (χ1n) is 8.77. The van der Waals surface area contributed by atoms with Gasteiger partial charge in [-0.05, 0) is 45.7 Å². The number of rotatable bonds is 4. The Labute approximate surface area is 152 Å². The van der Waals surface area contributed by atoms with E-state index in [1.165, 1.54) is 5.56 Å². The first-order chi connectivity index (χ1) is 12.2. The van der Waals surface area contributed by atoms with E-state index in [1.54, 1.807) is 20.8 Å². The largest absolute Gasteiger partial charge is 0.428 e. The van der Waals surface area contributed by atoms with Crippen molar-refractivity contribution >= 4 is 22.8 Å². The minimum atomic E-state index is -0.794. The normalized spacial score (nSPS) is 19.8. The number of hydrogen-bond acceptors (Lipinski definition) is 5. The zero-order chi connectivity index (χ0) is 18.9. The van der Waals surface area contributed by atoms with Gasteiger partial charge in [0.05, 0.1) is 24.1 Å². The number of benzene rings is 1. The van der Waals surface area contributed by atoms with Gasteiger partial charge in [-0.1, -0.05) is 18.2 Å². The smallest absolute Gasteiger partial charge is 0.314 e. The number of carbonyl (C=O) groups excluding carboxylic acids is 2. The zero-order valence-corrected chi connectivity index (χ0v) is 15.7. The molecule has 0 saturated carbocycles. The lowest BCUT2D eigenvalue weighted by atomic mass is 9.90. The van der Waals surface area contributed by atoms with E-state index in [-0.39, 0.29) is 13.2 Å². The lowest BCUT2D eigenvalue weighted by Crippen LogP contribution is -2.35. The molecule has 2 heterocycles. The van der Waals surface area contributed by atoms with Crippen molar-refractivity contribution in [3.8, 4) is 0 Å².